The molecule has 1 unspecified atom stereocenters. The number of halogens is 3. The summed E-state index contributed by atoms with van der Waals surface area (Å²) in [6, 6.07) is 7.77. The largest absolute Gasteiger partial charge is 0.493 e. The van der Waals surface area contributed by atoms with Gasteiger partial charge in [0.05, 0.1) is 20.6 Å². The van der Waals surface area contributed by atoms with Crippen LogP contribution < -0.4 is 14.2 Å². The molecule has 1 heterocycles. The summed E-state index contributed by atoms with van der Waals surface area (Å²) in [6.07, 6.45) is 3.19. The van der Waals surface area contributed by atoms with E-state index in [9.17, 15) is 13.6 Å². The highest BCUT2D eigenvalue weighted by Gasteiger charge is 2.30. The summed E-state index contributed by atoms with van der Waals surface area (Å²) in [5, 5.41) is 0. The van der Waals surface area contributed by atoms with E-state index in [0.29, 0.717) is 22.6 Å². The van der Waals surface area contributed by atoms with Gasteiger partial charge in [0.2, 0.25) is 5.88 Å². The van der Waals surface area contributed by atoms with E-state index in [0.717, 1.165) is 6.08 Å². The minimum Gasteiger partial charge on any atom is -0.493 e. The lowest BCUT2D eigenvalue weighted by Crippen LogP contribution is -2.15. The van der Waals surface area contributed by atoms with E-state index in [4.69, 9.17) is 14.2 Å². The monoisotopic (exact) mass is 451 g/mol. The fourth-order valence-electron chi connectivity index (χ4n) is 2.56. The molecular weight excluding hydrogens is 436 g/mol. The highest BCUT2D eigenvalue weighted by atomic mass is 79.9. The van der Waals surface area contributed by atoms with Crippen molar-refractivity contribution in [1.82, 2.24) is 4.98 Å². The first kappa shape index (κ1) is 20.0. The molecule has 1 aromatic carbocycles. The first-order valence-electron chi connectivity index (χ1n) is 8.19. The fourth-order valence-corrected chi connectivity index (χ4v) is 2.94. The number of allylic oxidation sites excluding steroid dienone is 3. The molecule has 0 spiro atoms. The van der Waals surface area contributed by atoms with Crippen LogP contribution in [0.3, 0.4) is 0 Å². The van der Waals surface area contributed by atoms with Crippen LogP contribution in [-0.2, 0) is 0 Å². The predicted molar refractivity (Wildman–Crippen MR) is 103 cm³/mol. The molecule has 1 aliphatic carbocycles. The van der Waals surface area contributed by atoms with E-state index >= 15 is 0 Å². The molecule has 0 radical (unpaired) electrons. The Kier molecular flexibility index (Phi) is 5.79. The number of benzene rings is 1. The molecule has 1 aliphatic rings. The molecule has 3 rings (SSSR count). The first-order valence-corrected chi connectivity index (χ1v) is 8.98. The standard InChI is InChI=1S/C20H16BrF2NO4/c1-26-16-5-3-12(9-17(16)27-2)19(25)13-4-6-18(24-11-13)28-15-7-8-20(21,23)10-14(15)22/h3-9,11H,10H2,1-2H3. The van der Waals surface area contributed by atoms with Crippen LogP contribution in [0.2, 0.25) is 0 Å². The van der Waals surface area contributed by atoms with Crippen LogP contribution in [0.1, 0.15) is 22.3 Å². The molecule has 0 amide bonds. The van der Waals surface area contributed by atoms with Crippen LogP contribution in [-0.4, -0.2) is 29.6 Å². The van der Waals surface area contributed by atoms with E-state index in [1.165, 1.54) is 38.6 Å². The number of ketones is 1. The lowest BCUT2D eigenvalue weighted by atomic mass is 10.0. The molecule has 0 saturated heterocycles. The third kappa shape index (κ3) is 4.39. The first-order chi connectivity index (χ1) is 13.3. The van der Waals surface area contributed by atoms with E-state index in [-0.39, 0.29) is 17.4 Å². The van der Waals surface area contributed by atoms with E-state index in [1.807, 2.05) is 0 Å². The zero-order valence-electron chi connectivity index (χ0n) is 15.0. The van der Waals surface area contributed by atoms with Crippen LogP contribution in [0.4, 0.5) is 8.78 Å². The number of hydrogen-bond donors (Lipinski definition) is 0. The number of pyridine rings is 1. The molecule has 0 aliphatic heterocycles. The number of nitrogens with zero attached hydrogens (tertiary/aromatic N) is 1. The maximum Gasteiger partial charge on any atom is 0.219 e. The number of rotatable bonds is 6. The van der Waals surface area contributed by atoms with Crippen LogP contribution >= 0.6 is 15.9 Å². The number of hydrogen-bond acceptors (Lipinski definition) is 5. The molecule has 0 saturated carbocycles. The lowest BCUT2D eigenvalue weighted by Gasteiger charge is -2.18. The average molecular weight is 452 g/mol. The summed E-state index contributed by atoms with van der Waals surface area (Å²) in [7, 11) is 2.99. The smallest absolute Gasteiger partial charge is 0.219 e. The lowest BCUT2D eigenvalue weighted by molar-refractivity contribution is 0.103. The summed E-state index contributed by atoms with van der Waals surface area (Å²) in [6.45, 7) is 0. The molecule has 1 atom stereocenters. The van der Waals surface area contributed by atoms with Gasteiger partial charge in [-0.15, -0.1) is 0 Å². The Hall–Kier alpha value is -2.74. The van der Waals surface area contributed by atoms with Gasteiger partial charge in [-0.1, -0.05) is 0 Å². The SMILES string of the molecule is COc1ccc(C(=O)c2ccc(OC3=C(F)CC(F)(Br)C=C3)nc2)cc1OC. The van der Waals surface area contributed by atoms with Crippen molar-refractivity contribution in [2.24, 2.45) is 0 Å². The van der Waals surface area contributed by atoms with Gasteiger partial charge < -0.3 is 14.2 Å². The molecule has 2 aromatic rings. The van der Waals surface area contributed by atoms with Gasteiger partial charge in [0.15, 0.2) is 27.6 Å². The summed E-state index contributed by atoms with van der Waals surface area (Å²) in [4.78, 5) is 16.7. The molecule has 146 valence electrons. The summed E-state index contributed by atoms with van der Waals surface area (Å²) >= 11 is 2.76. The fraction of sp³-hybridized carbons (Fsp3) is 0.200. The molecular formula is C20H16BrF2NO4. The normalized spacial score (nSPS) is 18.8. The second-order valence-electron chi connectivity index (χ2n) is 5.93. The minimum atomic E-state index is -1.92. The highest BCUT2D eigenvalue weighted by molar-refractivity contribution is 9.10. The van der Waals surface area contributed by atoms with Gasteiger partial charge in [-0.3, -0.25) is 4.79 Å². The van der Waals surface area contributed by atoms with Crippen LogP contribution in [0.15, 0.2) is 60.3 Å². The van der Waals surface area contributed by atoms with Crippen molar-refractivity contribution < 1.29 is 27.8 Å². The molecule has 5 nitrogen and oxygen atoms in total. The van der Waals surface area contributed by atoms with Gasteiger partial charge in [0.25, 0.3) is 0 Å². The van der Waals surface area contributed by atoms with E-state index in [1.54, 1.807) is 18.2 Å². The average Bonchev–Trinajstić information content (AvgIpc) is 2.69. The number of carbonyl (C=O) groups is 1. The van der Waals surface area contributed by atoms with Crippen molar-refractivity contribution in [3.63, 3.8) is 0 Å². The number of ether oxygens (including phenoxy) is 3. The Balaban J connectivity index is 1.76. The second-order valence-corrected chi connectivity index (χ2v) is 7.24. The molecule has 0 N–H and O–H groups in total. The van der Waals surface area contributed by atoms with Crippen molar-refractivity contribution >= 4 is 21.7 Å². The van der Waals surface area contributed by atoms with Gasteiger partial charge in [-0.05, 0) is 52.3 Å². The quantitative estimate of drug-likeness (QED) is 0.461. The van der Waals surface area contributed by atoms with Crippen LogP contribution in [0.5, 0.6) is 17.4 Å². The molecule has 28 heavy (non-hydrogen) atoms. The molecule has 0 bridgehead atoms. The van der Waals surface area contributed by atoms with Crippen molar-refractivity contribution in [1.29, 1.82) is 0 Å². The maximum atomic E-state index is 13.9. The van der Waals surface area contributed by atoms with Gasteiger partial charge in [0, 0.05) is 23.4 Å². The Bertz CT molecular complexity index is 955. The zero-order valence-corrected chi connectivity index (χ0v) is 16.6. The summed E-state index contributed by atoms with van der Waals surface area (Å²) < 4.78 is 41.4. The Morgan fingerprint density at radius 3 is 2.46 bits per heavy atom. The molecule has 1 aromatic heterocycles. The topological polar surface area (TPSA) is 57.7 Å². The number of aromatic nitrogens is 1. The van der Waals surface area contributed by atoms with Crippen LogP contribution in [0.25, 0.3) is 0 Å². The van der Waals surface area contributed by atoms with Gasteiger partial charge in [-0.2, -0.15) is 0 Å². The van der Waals surface area contributed by atoms with Gasteiger partial charge >= 0.3 is 0 Å². The van der Waals surface area contributed by atoms with Gasteiger partial charge in [0.1, 0.15) is 5.83 Å². The number of alkyl halides is 2. The summed E-state index contributed by atoms with van der Waals surface area (Å²) in [5.41, 5.74) is 0.713. The van der Waals surface area contributed by atoms with Crippen molar-refractivity contribution in [2.45, 2.75) is 11.0 Å². The Morgan fingerprint density at radius 1 is 1.14 bits per heavy atom. The van der Waals surface area contributed by atoms with Crippen molar-refractivity contribution in [3.05, 3.63) is 71.4 Å². The van der Waals surface area contributed by atoms with Crippen molar-refractivity contribution in [3.8, 4) is 17.4 Å². The van der Waals surface area contributed by atoms with E-state index in [2.05, 4.69) is 20.9 Å². The van der Waals surface area contributed by atoms with Crippen molar-refractivity contribution in [2.75, 3.05) is 14.2 Å². The van der Waals surface area contributed by atoms with Crippen LogP contribution in [0, 0.1) is 0 Å². The number of carbonyl (C=O) groups excluding carboxylic acids is 1. The third-order valence-corrected chi connectivity index (χ3v) is 4.54. The molecule has 0 fully saturated rings. The third-order valence-electron chi connectivity index (χ3n) is 4.00. The number of methoxy groups -OCH3 is 2. The minimum absolute atomic E-state index is 0.0830. The van der Waals surface area contributed by atoms with E-state index < -0.39 is 16.8 Å². The second kappa shape index (κ2) is 8.10. The summed E-state index contributed by atoms with van der Waals surface area (Å²) in [5.74, 6) is -0.113. The zero-order chi connectivity index (χ0) is 20.3. The predicted octanol–water partition coefficient (Wildman–Crippen LogP) is 4.91. The highest BCUT2D eigenvalue weighted by Crippen LogP contribution is 2.36. The van der Waals surface area contributed by atoms with Gasteiger partial charge in [-0.25, -0.2) is 13.8 Å². The maximum absolute atomic E-state index is 13.9. The Labute approximate surface area is 168 Å². The Morgan fingerprint density at radius 2 is 1.86 bits per heavy atom. The molecule has 8 heteroatoms.